The molecule has 0 fully saturated rings. The van der Waals surface area contributed by atoms with Crippen LogP contribution in [0.3, 0.4) is 0 Å². The Bertz CT molecular complexity index is 1090. The first kappa shape index (κ1) is 21.1. The van der Waals surface area contributed by atoms with Gasteiger partial charge in [-0.1, -0.05) is 29.4 Å². The maximum atomic E-state index is 12.3. The molecule has 30 heavy (non-hydrogen) atoms. The summed E-state index contributed by atoms with van der Waals surface area (Å²) in [6.45, 7) is 2.47. The molecule has 0 aliphatic carbocycles. The van der Waals surface area contributed by atoms with Gasteiger partial charge in [-0.15, -0.1) is 0 Å². The lowest BCUT2D eigenvalue weighted by atomic mass is 10.1. The molecule has 1 aromatic heterocycles. The Morgan fingerprint density at radius 2 is 1.97 bits per heavy atom. The van der Waals surface area contributed by atoms with Crippen LogP contribution in [0.1, 0.15) is 11.3 Å². The van der Waals surface area contributed by atoms with Gasteiger partial charge >= 0.3 is 0 Å². The van der Waals surface area contributed by atoms with E-state index >= 15 is 0 Å². The number of nitrogens with zero attached hydrogens (tertiary/aromatic N) is 2. The number of aromatic nitrogens is 1. The summed E-state index contributed by atoms with van der Waals surface area (Å²) in [6.07, 6.45) is 1.48. The fourth-order valence-corrected chi connectivity index (χ4v) is 2.99. The molecule has 0 aliphatic heterocycles. The van der Waals surface area contributed by atoms with Crippen LogP contribution in [0.5, 0.6) is 11.5 Å². The normalized spacial score (nSPS) is 10.9. The van der Waals surface area contributed by atoms with Gasteiger partial charge < -0.3 is 19.3 Å². The Balaban J connectivity index is 1.58. The topological polar surface area (TPSA) is 97.4 Å². The number of hydrogen-bond donors (Lipinski definition) is 1. The minimum atomic E-state index is -0.569. The second kappa shape index (κ2) is 10.3. The molecule has 7 nitrogen and oxygen atoms in total. The number of halogens is 1. The Morgan fingerprint density at radius 1 is 1.20 bits per heavy atom. The second-order valence-electron chi connectivity index (χ2n) is 6.15. The first-order valence-corrected chi connectivity index (χ1v) is 9.81. The molecule has 3 aromatic rings. The van der Waals surface area contributed by atoms with Crippen molar-refractivity contribution < 1.29 is 18.8 Å². The molecule has 0 radical (unpaired) electrons. The van der Waals surface area contributed by atoms with Gasteiger partial charge in [0.15, 0.2) is 5.82 Å². The van der Waals surface area contributed by atoms with Crippen molar-refractivity contribution >= 4 is 33.7 Å². The largest absolute Gasteiger partial charge is 0.490 e. The summed E-state index contributed by atoms with van der Waals surface area (Å²) in [5.41, 5.74) is 0.602. The number of carbonyl (C=O) groups excluding carboxylic acids is 1. The van der Waals surface area contributed by atoms with Gasteiger partial charge in [0.2, 0.25) is 0 Å². The van der Waals surface area contributed by atoms with Gasteiger partial charge in [-0.3, -0.25) is 4.79 Å². The maximum Gasteiger partial charge on any atom is 0.267 e. The summed E-state index contributed by atoms with van der Waals surface area (Å²) in [5.74, 6) is 1.65. The van der Waals surface area contributed by atoms with Crippen LogP contribution < -0.4 is 14.8 Å². The van der Waals surface area contributed by atoms with Crippen molar-refractivity contribution in [2.75, 3.05) is 18.5 Å². The van der Waals surface area contributed by atoms with E-state index in [4.69, 9.17) is 14.0 Å². The van der Waals surface area contributed by atoms with Gasteiger partial charge in [-0.25, -0.2) is 0 Å². The van der Waals surface area contributed by atoms with E-state index in [0.717, 1.165) is 5.75 Å². The van der Waals surface area contributed by atoms with Crippen LogP contribution >= 0.6 is 15.9 Å². The molecule has 0 unspecified atom stereocenters. The van der Waals surface area contributed by atoms with E-state index in [1.54, 1.807) is 31.2 Å². The Labute approximate surface area is 182 Å². The Morgan fingerprint density at radius 3 is 2.63 bits per heavy atom. The molecule has 1 N–H and O–H groups in total. The third-order valence-corrected chi connectivity index (χ3v) is 4.47. The third kappa shape index (κ3) is 5.96. The van der Waals surface area contributed by atoms with E-state index in [0.29, 0.717) is 34.8 Å². The summed E-state index contributed by atoms with van der Waals surface area (Å²) in [5, 5.41) is 15.5. The minimum absolute atomic E-state index is 0.0625. The molecule has 152 valence electrons. The summed E-state index contributed by atoms with van der Waals surface area (Å²) in [4.78, 5) is 12.3. The summed E-state index contributed by atoms with van der Waals surface area (Å²) in [6, 6.07) is 18.2. The van der Waals surface area contributed by atoms with Crippen LogP contribution in [0, 0.1) is 18.3 Å². The van der Waals surface area contributed by atoms with E-state index in [-0.39, 0.29) is 11.4 Å². The van der Waals surface area contributed by atoms with E-state index in [9.17, 15) is 10.1 Å². The number of ether oxygens (including phenoxy) is 2. The molecule has 8 heteroatoms. The molecular weight excluding hydrogens is 450 g/mol. The van der Waals surface area contributed by atoms with Crippen LogP contribution in [0.25, 0.3) is 6.08 Å². The quantitative estimate of drug-likeness (QED) is 0.291. The standard InChI is InChI=1S/C22H18BrN3O4/c1-15-11-21(26-30-15)25-22(27)17(14-24)12-16-7-8-20(19(23)13-16)29-10-9-28-18-5-3-2-4-6-18/h2-8,11-13H,9-10H2,1H3,(H,25,26,27)/b17-12-. The number of aryl methyl sites for hydroxylation is 1. The lowest BCUT2D eigenvalue weighted by Gasteiger charge is -2.10. The molecule has 1 amide bonds. The van der Waals surface area contributed by atoms with Gasteiger partial charge in [0.05, 0.1) is 4.47 Å². The SMILES string of the molecule is Cc1cc(NC(=O)/C(C#N)=C\c2ccc(OCCOc3ccccc3)c(Br)c2)no1. The van der Waals surface area contributed by atoms with Gasteiger partial charge in [0.25, 0.3) is 5.91 Å². The van der Waals surface area contributed by atoms with E-state index < -0.39 is 5.91 Å². The van der Waals surface area contributed by atoms with E-state index in [2.05, 4.69) is 26.4 Å². The fourth-order valence-electron chi connectivity index (χ4n) is 2.48. The van der Waals surface area contributed by atoms with E-state index in [1.165, 1.54) is 6.08 Å². The highest BCUT2D eigenvalue weighted by Crippen LogP contribution is 2.27. The van der Waals surface area contributed by atoms with Gasteiger partial charge in [0, 0.05) is 6.07 Å². The number of carbonyl (C=O) groups is 1. The van der Waals surface area contributed by atoms with Crippen molar-refractivity contribution in [3.05, 3.63) is 76.0 Å². The van der Waals surface area contributed by atoms with E-state index in [1.807, 2.05) is 36.4 Å². The molecule has 0 atom stereocenters. The molecule has 0 spiro atoms. The number of benzene rings is 2. The van der Waals surface area contributed by atoms with Gasteiger partial charge in [-0.2, -0.15) is 5.26 Å². The van der Waals surface area contributed by atoms with Crippen LogP contribution in [-0.2, 0) is 4.79 Å². The summed E-state index contributed by atoms with van der Waals surface area (Å²) in [7, 11) is 0. The van der Waals surface area contributed by atoms with Crippen LogP contribution in [0.4, 0.5) is 5.82 Å². The summed E-state index contributed by atoms with van der Waals surface area (Å²) >= 11 is 3.45. The number of anilines is 1. The zero-order valence-corrected chi connectivity index (χ0v) is 17.7. The van der Waals surface area contributed by atoms with Gasteiger partial charge in [0.1, 0.15) is 42.1 Å². The highest BCUT2D eigenvalue weighted by molar-refractivity contribution is 9.10. The van der Waals surface area contributed by atoms with Crippen molar-refractivity contribution in [2.24, 2.45) is 0 Å². The first-order chi connectivity index (χ1) is 14.5. The smallest absolute Gasteiger partial charge is 0.267 e. The zero-order valence-electron chi connectivity index (χ0n) is 16.1. The molecule has 0 saturated heterocycles. The van der Waals surface area contributed by atoms with Crippen molar-refractivity contribution in [3.63, 3.8) is 0 Å². The molecule has 0 saturated carbocycles. The van der Waals surface area contributed by atoms with Gasteiger partial charge in [-0.05, 0) is 58.8 Å². The maximum absolute atomic E-state index is 12.3. The first-order valence-electron chi connectivity index (χ1n) is 9.02. The number of nitriles is 1. The molecule has 1 heterocycles. The Hall–Kier alpha value is -3.57. The monoisotopic (exact) mass is 467 g/mol. The third-order valence-electron chi connectivity index (χ3n) is 3.85. The number of hydrogen-bond acceptors (Lipinski definition) is 6. The number of amides is 1. The van der Waals surface area contributed by atoms with Crippen LogP contribution in [0.2, 0.25) is 0 Å². The number of para-hydroxylation sites is 1. The summed E-state index contributed by atoms with van der Waals surface area (Å²) < 4.78 is 16.9. The molecule has 2 aromatic carbocycles. The predicted octanol–water partition coefficient (Wildman–Crippen LogP) is 4.75. The second-order valence-corrected chi connectivity index (χ2v) is 7.00. The lowest BCUT2D eigenvalue weighted by Crippen LogP contribution is -2.13. The minimum Gasteiger partial charge on any atom is -0.490 e. The molecule has 0 bridgehead atoms. The fraction of sp³-hybridized carbons (Fsp3) is 0.136. The molecular formula is C22H18BrN3O4. The predicted molar refractivity (Wildman–Crippen MR) is 115 cm³/mol. The van der Waals surface area contributed by atoms with Crippen molar-refractivity contribution in [1.82, 2.24) is 5.16 Å². The van der Waals surface area contributed by atoms with Crippen LogP contribution in [0.15, 0.2) is 69.2 Å². The average molecular weight is 468 g/mol. The number of rotatable bonds is 8. The molecule has 3 rings (SSSR count). The van der Waals surface area contributed by atoms with Crippen LogP contribution in [-0.4, -0.2) is 24.3 Å². The zero-order chi connectivity index (χ0) is 21.3. The van der Waals surface area contributed by atoms with Crippen molar-refractivity contribution in [3.8, 4) is 17.6 Å². The highest BCUT2D eigenvalue weighted by Gasteiger charge is 2.12. The van der Waals surface area contributed by atoms with Crippen molar-refractivity contribution in [1.29, 1.82) is 5.26 Å². The number of nitrogens with one attached hydrogen (secondary N) is 1. The highest BCUT2D eigenvalue weighted by atomic mass is 79.9. The van der Waals surface area contributed by atoms with Crippen molar-refractivity contribution in [2.45, 2.75) is 6.92 Å². The molecule has 0 aliphatic rings. The Kier molecular flexibility index (Phi) is 7.24. The average Bonchev–Trinajstić information content (AvgIpc) is 3.15. The lowest BCUT2D eigenvalue weighted by molar-refractivity contribution is -0.112.